The summed E-state index contributed by atoms with van der Waals surface area (Å²) in [7, 11) is 0. The third kappa shape index (κ3) is 1.66. The molecule has 2 N–H and O–H groups in total. The van der Waals surface area contributed by atoms with E-state index in [1.807, 2.05) is 0 Å². The molecule has 0 aromatic heterocycles. The number of aliphatic hydroxyl groups excluding tert-OH is 1. The maximum absolute atomic E-state index is 10.4. The van der Waals surface area contributed by atoms with E-state index in [4.69, 9.17) is 0 Å². The molecule has 2 nitrogen and oxygen atoms in total. The lowest BCUT2D eigenvalue weighted by Crippen LogP contribution is -2.38. The molecule has 1 saturated heterocycles. The standard InChI is InChI=1S/C14H19NO/c16-14(13-6-3-9-15-13)12-8-7-10-4-1-2-5-11(10)12/h1-2,4-5,12-16H,3,6-9H2. The van der Waals surface area contributed by atoms with Crippen molar-refractivity contribution in [3.05, 3.63) is 35.4 Å². The molecule has 3 rings (SSSR count). The van der Waals surface area contributed by atoms with Crippen molar-refractivity contribution >= 4 is 0 Å². The molecule has 0 amide bonds. The first-order chi connectivity index (χ1) is 7.86. The molecule has 1 fully saturated rings. The van der Waals surface area contributed by atoms with E-state index < -0.39 is 0 Å². The Morgan fingerprint density at radius 1 is 1.25 bits per heavy atom. The van der Waals surface area contributed by atoms with Gasteiger partial charge in [0.05, 0.1) is 6.10 Å². The van der Waals surface area contributed by atoms with Gasteiger partial charge >= 0.3 is 0 Å². The van der Waals surface area contributed by atoms with E-state index >= 15 is 0 Å². The lowest BCUT2D eigenvalue weighted by molar-refractivity contribution is 0.107. The number of benzene rings is 1. The van der Waals surface area contributed by atoms with Crippen molar-refractivity contribution in [1.82, 2.24) is 5.32 Å². The van der Waals surface area contributed by atoms with Crippen LogP contribution >= 0.6 is 0 Å². The van der Waals surface area contributed by atoms with Gasteiger partial charge in [-0.2, -0.15) is 0 Å². The molecule has 16 heavy (non-hydrogen) atoms. The van der Waals surface area contributed by atoms with Crippen molar-refractivity contribution in [2.24, 2.45) is 0 Å². The smallest absolute Gasteiger partial charge is 0.0761 e. The first kappa shape index (κ1) is 10.3. The second-order valence-electron chi connectivity index (χ2n) is 5.04. The monoisotopic (exact) mass is 217 g/mol. The fraction of sp³-hybridized carbons (Fsp3) is 0.571. The first-order valence-corrected chi connectivity index (χ1v) is 6.35. The predicted molar refractivity (Wildman–Crippen MR) is 64.5 cm³/mol. The van der Waals surface area contributed by atoms with Gasteiger partial charge in [-0.15, -0.1) is 0 Å². The van der Waals surface area contributed by atoms with Crippen LogP contribution in [0.1, 0.15) is 36.3 Å². The van der Waals surface area contributed by atoms with Crippen molar-refractivity contribution in [3.63, 3.8) is 0 Å². The summed E-state index contributed by atoms with van der Waals surface area (Å²) in [6, 6.07) is 8.89. The van der Waals surface area contributed by atoms with Gasteiger partial charge in [-0.25, -0.2) is 0 Å². The molecule has 1 aromatic carbocycles. The summed E-state index contributed by atoms with van der Waals surface area (Å²) < 4.78 is 0. The van der Waals surface area contributed by atoms with Gasteiger partial charge in [0, 0.05) is 12.0 Å². The molecular formula is C14H19NO. The highest BCUT2D eigenvalue weighted by atomic mass is 16.3. The highest BCUT2D eigenvalue weighted by Crippen LogP contribution is 2.37. The van der Waals surface area contributed by atoms with Crippen LogP contribution in [0.5, 0.6) is 0 Å². The molecule has 1 aliphatic carbocycles. The Morgan fingerprint density at radius 3 is 2.94 bits per heavy atom. The molecule has 0 bridgehead atoms. The van der Waals surface area contributed by atoms with E-state index in [0.717, 1.165) is 25.8 Å². The van der Waals surface area contributed by atoms with Crippen LogP contribution in [0, 0.1) is 0 Å². The first-order valence-electron chi connectivity index (χ1n) is 6.35. The summed E-state index contributed by atoms with van der Waals surface area (Å²) in [5.41, 5.74) is 2.81. The van der Waals surface area contributed by atoms with Crippen LogP contribution in [0.4, 0.5) is 0 Å². The number of aryl methyl sites for hydroxylation is 1. The molecule has 3 atom stereocenters. The number of rotatable bonds is 2. The fourth-order valence-corrected chi connectivity index (χ4v) is 3.23. The van der Waals surface area contributed by atoms with Crippen molar-refractivity contribution in [2.45, 2.75) is 43.7 Å². The van der Waals surface area contributed by atoms with E-state index in [1.54, 1.807) is 0 Å². The largest absolute Gasteiger partial charge is 0.391 e. The SMILES string of the molecule is OC(C1CCCN1)C1CCc2ccccc21. The van der Waals surface area contributed by atoms with Crippen LogP contribution in [-0.4, -0.2) is 23.8 Å². The molecule has 2 heteroatoms. The summed E-state index contributed by atoms with van der Waals surface area (Å²) in [5.74, 6) is 0.354. The minimum atomic E-state index is -0.203. The van der Waals surface area contributed by atoms with Gasteiger partial charge in [-0.1, -0.05) is 24.3 Å². The zero-order valence-electron chi connectivity index (χ0n) is 9.52. The molecule has 1 aromatic rings. The van der Waals surface area contributed by atoms with Crippen LogP contribution < -0.4 is 5.32 Å². The van der Waals surface area contributed by atoms with Crippen molar-refractivity contribution < 1.29 is 5.11 Å². The zero-order valence-corrected chi connectivity index (χ0v) is 9.52. The van der Waals surface area contributed by atoms with Gasteiger partial charge in [-0.05, 0) is 43.4 Å². The van der Waals surface area contributed by atoms with Gasteiger partial charge in [0.1, 0.15) is 0 Å². The summed E-state index contributed by atoms with van der Waals surface area (Å²) in [4.78, 5) is 0. The Morgan fingerprint density at radius 2 is 2.12 bits per heavy atom. The average molecular weight is 217 g/mol. The average Bonchev–Trinajstić information content (AvgIpc) is 2.98. The van der Waals surface area contributed by atoms with Gasteiger partial charge in [0.2, 0.25) is 0 Å². The van der Waals surface area contributed by atoms with Crippen LogP contribution in [0.2, 0.25) is 0 Å². The summed E-state index contributed by atoms with van der Waals surface area (Å²) in [6.45, 7) is 1.07. The molecule has 1 aliphatic heterocycles. The second-order valence-corrected chi connectivity index (χ2v) is 5.04. The molecular weight excluding hydrogens is 198 g/mol. The van der Waals surface area contributed by atoms with E-state index in [-0.39, 0.29) is 6.10 Å². The number of hydrogen-bond donors (Lipinski definition) is 2. The predicted octanol–water partition coefficient (Wildman–Crippen LogP) is 1.83. The third-order valence-corrected chi connectivity index (χ3v) is 4.10. The summed E-state index contributed by atoms with van der Waals surface area (Å²) in [5, 5.41) is 13.8. The van der Waals surface area contributed by atoms with E-state index in [9.17, 15) is 5.11 Å². The topological polar surface area (TPSA) is 32.3 Å². The van der Waals surface area contributed by atoms with Gasteiger partial charge in [0.25, 0.3) is 0 Å². The lowest BCUT2D eigenvalue weighted by atomic mass is 9.90. The quantitative estimate of drug-likeness (QED) is 0.792. The Kier molecular flexibility index (Phi) is 2.70. The number of fused-ring (bicyclic) bond motifs is 1. The Hall–Kier alpha value is -0.860. The van der Waals surface area contributed by atoms with Crippen LogP contribution in [-0.2, 0) is 6.42 Å². The number of aliphatic hydroxyl groups is 1. The van der Waals surface area contributed by atoms with Crippen LogP contribution in [0.3, 0.4) is 0 Å². The minimum Gasteiger partial charge on any atom is -0.391 e. The molecule has 0 spiro atoms. The summed E-state index contributed by atoms with van der Waals surface area (Å²) >= 11 is 0. The Bertz CT molecular complexity index is 371. The lowest BCUT2D eigenvalue weighted by Gasteiger charge is -2.25. The van der Waals surface area contributed by atoms with E-state index in [0.29, 0.717) is 12.0 Å². The Balaban J connectivity index is 1.81. The second kappa shape index (κ2) is 4.19. The molecule has 0 radical (unpaired) electrons. The maximum atomic E-state index is 10.4. The molecule has 1 heterocycles. The fourth-order valence-electron chi connectivity index (χ4n) is 3.23. The van der Waals surface area contributed by atoms with Crippen molar-refractivity contribution in [2.75, 3.05) is 6.54 Å². The normalized spacial score (nSPS) is 30.3. The van der Waals surface area contributed by atoms with Gasteiger partial charge in [0.15, 0.2) is 0 Å². The Labute approximate surface area is 96.7 Å². The minimum absolute atomic E-state index is 0.203. The van der Waals surface area contributed by atoms with Crippen LogP contribution in [0.15, 0.2) is 24.3 Å². The number of nitrogens with one attached hydrogen (secondary N) is 1. The van der Waals surface area contributed by atoms with E-state index in [1.165, 1.54) is 17.5 Å². The van der Waals surface area contributed by atoms with E-state index in [2.05, 4.69) is 29.6 Å². The maximum Gasteiger partial charge on any atom is 0.0761 e. The van der Waals surface area contributed by atoms with Gasteiger partial charge in [-0.3, -0.25) is 0 Å². The summed E-state index contributed by atoms with van der Waals surface area (Å²) in [6.07, 6.45) is 4.37. The number of hydrogen-bond acceptors (Lipinski definition) is 2. The molecule has 0 saturated carbocycles. The van der Waals surface area contributed by atoms with Gasteiger partial charge < -0.3 is 10.4 Å². The van der Waals surface area contributed by atoms with Crippen molar-refractivity contribution in [3.8, 4) is 0 Å². The van der Waals surface area contributed by atoms with Crippen LogP contribution in [0.25, 0.3) is 0 Å². The third-order valence-electron chi connectivity index (χ3n) is 4.10. The highest BCUT2D eigenvalue weighted by Gasteiger charge is 2.34. The van der Waals surface area contributed by atoms with Crippen molar-refractivity contribution in [1.29, 1.82) is 0 Å². The molecule has 86 valence electrons. The highest BCUT2D eigenvalue weighted by molar-refractivity contribution is 5.36. The molecule has 3 unspecified atom stereocenters. The molecule has 2 aliphatic rings. The zero-order chi connectivity index (χ0) is 11.0.